The Bertz CT molecular complexity index is 303. The Hall–Kier alpha value is -0.960. The number of benzene rings is 1. The van der Waals surface area contributed by atoms with Crippen molar-refractivity contribution in [3.63, 3.8) is 0 Å². The maximum absolute atomic E-state index is 12.9. The van der Waals surface area contributed by atoms with Gasteiger partial charge in [0.05, 0.1) is 6.10 Å². The van der Waals surface area contributed by atoms with Crippen molar-refractivity contribution in [1.82, 2.24) is 0 Å². The SMILES string of the molecule is CC(O)CC(C)Cc1cc(F)cc(F)c1. The standard InChI is InChI=1S/C12H16F2O/c1-8(3-9(2)15)4-10-5-11(13)7-12(14)6-10/h5-9,15H,3-4H2,1-2H3. The highest BCUT2D eigenvalue weighted by molar-refractivity contribution is 5.18. The van der Waals surface area contributed by atoms with Gasteiger partial charge in [-0.2, -0.15) is 0 Å². The van der Waals surface area contributed by atoms with Crippen molar-refractivity contribution < 1.29 is 13.9 Å². The summed E-state index contributed by atoms with van der Waals surface area (Å²) < 4.78 is 25.7. The summed E-state index contributed by atoms with van der Waals surface area (Å²) in [4.78, 5) is 0. The van der Waals surface area contributed by atoms with E-state index in [2.05, 4.69) is 0 Å². The summed E-state index contributed by atoms with van der Waals surface area (Å²) in [6.45, 7) is 3.66. The van der Waals surface area contributed by atoms with E-state index in [0.29, 0.717) is 18.4 Å². The van der Waals surface area contributed by atoms with Crippen LogP contribution in [-0.2, 0) is 6.42 Å². The van der Waals surface area contributed by atoms with E-state index in [4.69, 9.17) is 5.11 Å². The maximum Gasteiger partial charge on any atom is 0.126 e. The van der Waals surface area contributed by atoms with Gasteiger partial charge in [-0.1, -0.05) is 6.92 Å². The highest BCUT2D eigenvalue weighted by atomic mass is 19.1. The molecule has 0 bridgehead atoms. The Kier molecular flexibility index (Phi) is 4.21. The van der Waals surface area contributed by atoms with Crippen molar-refractivity contribution in [3.05, 3.63) is 35.4 Å². The molecule has 1 aromatic rings. The Labute approximate surface area is 88.7 Å². The molecular weight excluding hydrogens is 198 g/mol. The van der Waals surface area contributed by atoms with Gasteiger partial charge in [-0.05, 0) is 43.4 Å². The van der Waals surface area contributed by atoms with Gasteiger partial charge in [0, 0.05) is 6.07 Å². The molecule has 3 heteroatoms. The van der Waals surface area contributed by atoms with Gasteiger partial charge in [-0.15, -0.1) is 0 Å². The van der Waals surface area contributed by atoms with Crippen LogP contribution in [0.3, 0.4) is 0 Å². The molecule has 0 heterocycles. The molecule has 0 aliphatic rings. The molecule has 2 unspecified atom stereocenters. The molecule has 0 aromatic heterocycles. The van der Waals surface area contributed by atoms with Crippen molar-refractivity contribution >= 4 is 0 Å². The lowest BCUT2D eigenvalue weighted by molar-refractivity contribution is 0.164. The van der Waals surface area contributed by atoms with Crippen LogP contribution in [0, 0.1) is 17.6 Å². The van der Waals surface area contributed by atoms with Crippen LogP contribution in [-0.4, -0.2) is 11.2 Å². The number of aliphatic hydroxyl groups excluding tert-OH is 1. The Morgan fingerprint density at radius 1 is 1.13 bits per heavy atom. The molecule has 0 amide bonds. The van der Waals surface area contributed by atoms with E-state index < -0.39 is 11.6 Å². The minimum absolute atomic E-state index is 0.214. The van der Waals surface area contributed by atoms with E-state index in [-0.39, 0.29) is 12.0 Å². The zero-order valence-corrected chi connectivity index (χ0v) is 9.00. The smallest absolute Gasteiger partial charge is 0.126 e. The Morgan fingerprint density at radius 3 is 2.13 bits per heavy atom. The van der Waals surface area contributed by atoms with Gasteiger partial charge in [0.2, 0.25) is 0 Å². The molecular formula is C12H16F2O. The highest BCUT2D eigenvalue weighted by Gasteiger charge is 2.08. The third-order valence-electron chi connectivity index (χ3n) is 2.25. The molecule has 0 spiro atoms. The van der Waals surface area contributed by atoms with Gasteiger partial charge < -0.3 is 5.11 Å². The Balaban J connectivity index is 2.63. The molecule has 84 valence electrons. The molecule has 0 saturated carbocycles. The van der Waals surface area contributed by atoms with Gasteiger partial charge in [-0.3, -0.25) is 0 Å². The van der Waals surface area contributed by atoms with Crippen LogP contribution < -0.4 is 0 Å². The first-order chi connectivity index (χ1) is 6.97. The monoisotopic (exact) mass is 214 g/mol. The second-order valence-corrected chi connectivity index (χ2v) is 4.17. The fourth-order valence-electron chi connectivity index (χ4n) is 1.80. The first-order valence-corrected chi connectivity index (χ1v) is 5.10. The summed E-state index contributed by atoms with van der Waals surface area (Å²) in [6, 6.07) is 3.53. The largest absolute Gasteiger partial charge is 0.393 e. The first kappa shape index (κ1) is 12.1. The number of halogens is 2. The summed E-state index contributed by atoms with van der Waals surface area (Å²) in [6.07, 6.45) is 0.843. The van der Waals surface area contributed by atoms with Crippen LogP contribution in [0.2, 0.25) is 0 Å². The molecule has 0 aliphatic heterocycles. The summed E-state index contributed by atoms with van der Waals surface area (Å²) >= 11 is 0. The van der Waals surface area contributed by atoms with Gasteiger partial charge in [0.25, 0.3) is 0 Å². The zero-order chi connectivity index (χ0) is 11.4. The van der Waals surface area contributed by atoms with Crippen molar-refractivity contribution in [2.45, 2.75) is 32.8 Å². The predicted molar refractivity (Wildman–Crippen MR) is 55.5 cm³/mol. The predicted octanol–water partition coefficient (Wildman–Crippen LogP) is 2.91. The number of hydrogen-bond acceptors (Lipinski definition) is 1. The van der Waals surface area contributed by atoms with Crippen LogP contribution in [0.5, 0.6) is 0 Å². The average Bonchev–Trinajstić information content (AvgIpc) is 1.98. The molecule has 1 aromatic carbocycles. The van der Waals surface area contributed by atoms with Gasteiger partial charge >= 0.3 is 0 Å². The molecule has 15 heavy (non-hydrogen) atoms. The number of hydrogen-bond donors (Lipinski definition) is 1. The lowest BCUT2D eigenvalue weighted by atomic mass is 9.96. The zero-order valence-electron chi connectivity index (χ0n) is 9.00. The fourth-order valence-corrected chi connectivity index (χ4v) is 1.80. The Morgan fingerprint density at radius 2 is 1.67 bits per heavy atom. The topological polar surface area (TPSA) is 20.2 Å². The number of aliphatic hydroxyl groups is 1. The minimum Gasteiger partial charge on any atom is -0.393 e. The fraction of sp³-hybridized carbons (Fsp3) is 0.500. The molecule has 1 rings (SSSR count). The molecule has 2 atom stereocenters. The third-order valence-corrected chi connectivity index (χ3v) is 2.25. The van der Waals surface area contributed by atoms with E-state index in [0.717, 1.165) is 6.07 Å². The summed E-state index contributed by atoms with van der Waals surface area (Å²) in [5.41, 5.74) is 0.639. The molecule has 0 aliphatic carbocycles. The molecule has 0 fully saturated rings. The van der Waals surface area contributed by atoms with E-state index in [9.17, 15) is 8.78 Å². The van der Waals surface area contributed by atoms with Crippen LogP contribution in [0.1, 0.15) is 25.8 Å². The quantitative estimate of drug-likeness (QED) is 0.817. The van der Waals surface area contributed by atoms with E-state index >= 15 is 0 Å². The van der Waals surface area contributed by atoms with Crippen molar-refractivity contribution in [2.75, 3.05) is 0 Å². The summed E-state index contributed by atoms with van der Waals surface area (Å²) in [5.74, 6) is -0.880. The van der Waals surface area contributed by atoms with Crippen molar-refractivity contribution in [2.24, 2.45) is 5.92 Å². The van der Waals surface area contributed by atoms with Crippen molar-refractivity contribution in [3.8, 4) is 0 Å². The maximum atomic E-state index is 12.9. The summed E-state index contributed by atoms with van der Waals surface area (Å²) in [5, 5.41) is 9.16. The second-order valence-electron chi connectivity index (χ2n) is 4.17. The first-order valence-electron chi connectivity index (χ1n) is 5.10. The second kappa shape index (κ2) is 5.21. The van der Waals surface area contributed by atoms with Gasteiger partial charge in [0.1, 0.15) is 11.6 Å². The van der Waals surface area contributed by atoms with Crippen molar-refractivity contribution in [1.29, 1.82) is 0 Å². The van der Waals surface area contributed by atoms with Gasteiger partial charge in [-0.25, -0.2) is 8.78 Å². The molecule has 1 N–H and O–H groups in total. The van der Waals surface area contributed by atoms with E-state index in [1.807, 2.05) is 6.92 Å². The summed E-state index contributed by atoms with van der Waals surface area (Å²) in [7, 11) is 0. The van der Waals surface area contributed by atoms with Crippen LogP contribution in [0.15, 0.2) is 18.2 Å². The molecule has 0 saturated heterocycles. The van der Waals surface area contributed by atoms with Crippen LogP contribution in [0.25, 0.3) is 0 Å². The minimum atomic E-state index is -0.547. The van der Waals surface area contributed by atoms with Crippen LogP contribution >= 0.6 is 0 Å². The normalized spacial score (nSPS) is 15.0. The average molecular weight is 214 g/mol. The van der Waals surface area contributed by atoms with E-state index in [1.54, 1.807) is 6.92 Å². The molecule has 1 nitrogen and oxygen atoms in total. The third kappa shape index (κ3) is 4.38. The lowest BCUT2D eigenvalue weighted by Crippen LogP contribution is -2.09. The van der Waals surface area contributed by atoms with Gasteiger partial charge in [0.15, 0.2) is 0 Å². The van der Waals surface area contributed by atoms with E-state index in [1.165, 1.54) is 12.1 Å². The lowest BCUT2D eigenvalue weighted by Gasteiger charge is -2.13. The molecule has 0 radical (unpaired) electrons. The van der Waals surface area contributed by atoms with Crippen LogP contribution in [0.4, 0.5) is 8.78 Å². The highest BCUT2D eigenvalue weighted by Crippen LogP contribution is 2.16. The number of rotatable bonds is 4.